The number of nitrogens with two attached hydrogens (primary N) is 1. The number of piperidine rings is 1. The summed E-state index contributed by atoms with van der Waals surface area (Å²) in [6, 6.07) is 3.50. The third kappa shape index (κ3) is 2.21. The first-order valence-corrected chi connectivity index (χ1v) is 7.38. The van der Waals surface area contributed by atoms with E-state index >= 15 is 0 Å². The van der Waals surface area contributed by atoms with Crippen LogP contribution < -0.4 is 16.6 Å². The van der Waals surface area contributed by atoms with Crippen LogP contribution in [0.4, 0.5) is 5.69 Å². The van der Waals surface area contributed by atoms with E-state index in [0.717, 1.165) is 5.56 Å². The minimum atomic E-state index is -1.16. The van der Waals surface area contributed by atoms with Crippen LogP contribution in [0.3, 0.4) is 0 Å². The molecule has 1 aliphatic rings. The lowest BCUT2D eigenvalue weighted by atomic mass is 9.71. The van der Waals surface area contributed by atoms with E-state index in [1.54, 1.807) is 26.9 Å². The van der Waals surface area contributed by atoms with Gasteiger partial charge in [-0.25, -0.2) is 4.98 Å². The summed E-state index contributed by atoms with van der Waals surface area (Å²) < 4.78 is 1.35. The maximum Gasteiger partial charge on any atom is 0.263 e. The minimum Gasteiger partial charge on any atom is -0.398 e. The van der Waals surface area contributed by atoms with Crippen molar-refractivity contribution >= 4 is 36.3 Å². The fraction of sp³-hybridized carbons (Fsp3) is 0.333. The van der Waals surface area contributed by atoms with Crippen molar-refractivity contribution in [1.82, 2.24) is 14.9 Å². The number of nitrogen functional groups attached to an aromatic ring is 1. The Bertz CT molecular complexity index is 921. The van der Waals surface area contributed by atoms with E-state index < -0.39 is 11.3 Å². The van der Waals surface area contributed by atoms with Gasteiger partial charge in [-0.15, -0.1) is 0 Å². The number of amides is 2. The molecule has 7 nitrogen and oxygen atoms in total. The predicted octanol–water partition coefficient (Wildman–Crippen LogP) is -0.682. The molecular weight excluding hydrogens is 295 g/mol. The van der Waals surface area contributed by atoms with Crippen molar-refractivity contribution in [2.75, 3.05) is 5.73 Å². The molecule has 0 saturated carbocycles. The zero-order valence-electron chi connectivity index (χ0n) is 13.3. The largest absolute Gasteiger partial charge is 0.398 e. The molecule has 0 aliphatic carbocycles. The van der Waals surface area contributed by atoms with Gasteiger partial charge in [0.1, 0.15) is 13.7 Å². The quantitative estimate of drug-likeness (QED) is 0.412. The smallest absolute Gasteiger partial charge is 0.263 e. The second-order valence-corrected chi connectivity index (χ2v) is 6.20. The van der Waals surface area contributed by atoms with Gasteiger partial charge in [0, 0.05) is 12.1 Å². The molecule has 1 fully saturated rings. The molecule has 0 spiro atoms. The second kappa shape index (κ2) is 4.94. The van der Waals surface area contributed by atoms with Gasteiger partial charge in [0.05, 0.1) is 16.3 Å². The minimum absolute atomic E-state index is 0.176. The molecule has 0 radical (unpaired) electrons. The Kier molecular flexibility index (Phi) is 3.28. The van der Waals surface area contributed by atoms with Gasteiger partial charge in [-0.3, -0.25) is 24.3 Å². The van der Waals surface area contributed by atoms with E-state index in [-0.39, 0.29) is 24.3 Å². The first-order chi connectivity index (χ1) is 10.7. The number of rotatable bonds is 1. The second-order valence-electron chi connectivity index (χ2n) is 6.20. The Hall–Kier alpha value is -2.64. The van der Waals surface area contributed by atoms with Crippen LogP contribution in [-0.2, 0) is 15.0 Å². The van der Waals surface area contributed by atoms with Gasteiger partial charge in [-0.2, -0.15) is 0 Å². The van der Waals surface area contributed by atoms with Crippen LogP contribution in [0.5, 0.6) is 0 Å². The van der Waals surface area contributed by atoms with Gasteiger partial charge in [-0.1, -0.05) is 0 Å². The van der Waals surface area contributed by atoms with Gasteiger partial charge in [-0.05, 0) is 38.0 Å². The molecule has 1 aromatic heterocycles. The first-order valence-electron chi connectivity index (χ1n) is 7.38. The summed E-state index contributed by atoms with van der Waals surface area (Å²) in [5, 5.41) is 2.60. The van der Waals surface area contributed by atoms with Crippen molar-refractivity contribution in [3.63, 3.8) is 0 Å². The topological polar surface area (TPSA) is 107 Å². The molecule has 0 unspecified atom stereocenters. The molecule has 8 heteroatoms. The van der Waals surface area contributed by atoms with Crippen LogP contribution in [-0.4, -0.2) is 29.2 Å². The number of anilines is 1. The van der Waals surface area contributed by atoms with Crippen LogP contribution in [0.2, 0.25) is 0 Å². The van der Waals surface area contributed by atoms with Gasteiger partial charge in [0.25, 0.3) is 5.56 Å². The van der Waals surface area contributed by atoms with Crippen molar-refractivity contribution in [1.29, 1.82) is 0 Å². The van der Waals surface area contributed by atoms with Crippen LogP contribution in [0.25, 0.3) is 10.9 Å². The lowest BCUT2D eigenvalue weighted by Crippen LogP contribution is -2.58. The highest BCUT2D eigenvalue weighted by molar-refractivity contribution is 6.28. The molecular formula is C15H17BN4O3. The summed E-state index contributed by atoms with van der Waals surface area (Å²) in [5.41, 5.74) is 6.23. The SMILES string of the molecule is B[C@@]1(n2c(C)nc3cc(C)cc(N)c3c2=O)CCC(=O)NC1=O. The number of nitrogens with one attached hydrogen (secondary N) is 1. The molecule has 2 aromatic rings. The maximum atomic E-state index is 13.0. The van der Waals surface area contributed by atoms with Crippen molar-refractivity contribution in [3.8, 4) is 0 Å². The summed E-state index contributed by atoms with van der Waals surface area (Å²) in [4.78, 5) is 41.2. The fourth-order valence-electron chi connectivity index (χ4n) is 3.19. The number of aromatic nitrogens is 2. The van der Waals surface area contributed by atoms with Crippen molar-refractivity contribution < 1.29 is 9.59 Å². The van der Waals surface area contributed by atoms with Crippen LogP contribution in [0.15, 0.2) is 16.9 Å². The van der Waals surface area contributed by atoms with Gasteiger partial charge in [0.15, 0.2) is 0 Å². The summed E-state index contributed by atoms with van der Waals surface area (Å²) in [6.45, 7) is 3.55. The predicted molar refractivity (Wildman–Crippen MR) is 88.8 cm³/mol. The number of nitrogens with zero attached hydrogens (tertiary/aromatic N) is 2. The molecule has 1 atom stereocenters. The van der Waals surface area contributed by atoms with Crippen molar-refractivity contribution in [2.24, 2.45) is 0 Å². The number of benzene rings is 1. The van der Waals surface area contributed by atoms with E-state index in [9.17, 15) is 14.4 Å². The molecule has 118 valence electrons. The van der Waals surface area contributed by atoms with E-state index in [0.29, 0.717) is 22.4 Å². The number of carbonyl (C=O) groups is 2. The molecule has 2 heterocycles. The van der Waals surface area contributed by atoms with E-state index in [2.05, 4.69) is 10.3 Å². The molecule has 1 saturated heterocycles. The van der Waals surface area contributed by atoms with E-state index in [1.807, 2.05) is 6.92 Å². The van der Waals surface area contributed by atoms with E-state index in [1.165, 1.54) is 4.57 Å². The standard InChI is InChI=1S/C15H17BN4O3/c1-7-5-9(17)12-10(6-7)18-8(2)20(13(12)22)15(16)4-3-11(21)19-14(15)23/h5-6H,3-4,16-17H2,1-2H3,(H,19,21,23)/t15-/m1/s1. The lowest BCUT2D eigenvalue weighted by Gasteiger charge is -2.35. The number of hydrogen-bond acceptors (Lipinski definition) is 5. The van der Waals surface area contributed by atoms with Gasteiger partial charge < -0.3 is 5.73 Å². The molecule has 3 rings (SSSR count). The van der Waals surface area contributed by atoms with Gasteiger partial charge >= 0.3 is 0 Å². The molecule has 0 bridgehead atoms. The zero-order chi connectivity index (χ0) is 16.9. The Morgan fingerprint density at radius 1 is 1.30 bits per heavy atom. The highest BCUT2D eigenvalue weighted by Crippen LogP contribution is 2.25. The third-order valence-electron chi connectivity index (χ3n) is 4.39. The van der Waals surface area contributed by atoms with E-state index in [4.69, 9.17) is 5.73 Å². The number of aryl methyl sites for hydroxylation is 2. The normalized spacial score (nSPS) is 21.5. The average molecular weight is 312 g/mol. The molecule has 3 N–H and O–H groups in total. The van der Waals surface area contributed by atoms with Crippen LogP contribution >= 0.6 is 0 Å². The lowest BCUT2D eigenvalue weighted by molar-refractivity contribution is -0.137. The third-order valence-corrected chi connectivity index (χ3v) is 4.39. The van der Waals surface area contributed by atoms with Crippen molar-refractivity contribution in [3.05, 3.63) is 33.9 Å². The highest BCUT2D eigenvalue weighted by atomic mass is 16.2. The summed E-state index contributed by atoms with van der Waals surface area (Å²) in [7, 11) is 1.64. The highest BCUT2D eigenvalue weighted by Gasteiger charge is 2.41. The Balaban J connectivity index is 2.33. The molecule has 2 amide bonds. The summed E-state index contributed by atoms with van der Waals surface area (Å²) in [5.74, 6) is -0.410. The Morgan fingerprint density at radius 2 is 2.00 bits per heavy atom. The number of hydrogen-bond donors (Lipinski definition) is 2. The number of carbonyl (C=O) groups excluding carboxylic acids is 2. The average Bonchev–Trinajstić information content (AvgIpc) is 2.42. The van der Waals surface area contributed by atoms with Crippen LogP contribution in [0.1, 0.15) is 24.2 Å². The Labute approximate surface area is 133 Å². The first kappa shape index (κ1) is 15.3. The number of imide groups is 1. The summed E-state index contributed by atoms with van der Waals surface area (Å²) >= 11 is 0. The zero-order valence-corrected chi connectivity index (χ0v) is 13.3. The van der Waals surface area contributed by atoms with Gasteiger partial charge in [0.2, 0.25) is 11.8 Å². The molecule has 23 heavy (non-hydrogen) atoms. The number of fused-ring (bicyclic) bond motifs is 1. The fourth-order valence-corrected chi connectivity index (χ4v) is 3.19. The maximum absolute atomic E-state index is 13.0. The van der Waals surface area contributed by atoms with Crippen molar-refractivity contribution in [2.45, 2.75) is 32.1 Å². The monoisotopic (exact) mass is 312 g/mol. The van der Waals surface area contributed by atoms with Crippen LogP contribution in [0, 0.1) is 13.8 Å². The molecule has 1 aliphatic heterocycles. The Morgan fingerprint density at radius 3 is 2.65 bits per heavy atom. The summed E-state index contributed by atoms with van der Waals surface area (Å²) in [6.07, 6.45) is 0.424. The molecule has 1 aromatic carbocycles.